The number of epoxide rings is 1. The number of methoxy groups -OCH3 is 2. The Morgan fingerprint density at radius 2 is 1.19 bits per heavy atom. The van der Waals surface area contributed by atoms with Crippen LogP contribution in [0, 0.1) is 0 Å². The van der Waals surface area contributed by atoms with E-state index in [-0.39, 0.29) is 73.9 Å². The summed E-state index contributed by atoms with van der Waals surface area (Å²) in [5.74, 6) is 0.999. The number of hydrogen-bond donors (Lipinski definition) is 4. The first-order chi connectivity index (χ1) is 32.0. The predicted molar refractivity (Wildman–Crippen MR) is 263 cm³/mol. The molecule has 0 radical (unpaired) electrons. The number of sulfonamides is 2. The van der Waals surface area contributed by atoms with Gasteiger partial charge in [0.15, 0.2) is 13.6 Å². The Bertz CT molecular complexity index is 2010. The lowest BCUT2D eigenvalue weighted by Gasteiger charge is -2.30. The largest absolute Gasteiger partial charge is 0.468 e. The summed E-state index contributed by atoms with van der Waals surface area (Å²) in [4.78, 5) is 37.0. The summed E-state index contributed by atoms with van der Waals surface area (Å²) in [7, 11) is -4.74. The number of carbonyl (C=O) groups is 2. The molecule has 1 aliphatic heterocycles. The number of amides is 2. The van der Waals surface area contributed by atoms with Crippen LogP contribution in [0.2, 0.25) is 0 Å². The number of carbonyl (C=O) groups excluding carboxylic acids is 2. The van der Waals surface area contributed by atoms with Gasteiger partial charge in [-0.05, 0) is 129 Å². The molecule has 1 saturated heterocycles. The summed E-state index contributed by atoms with van der Waals surface area (Å²) in [6, 6.07) is 11.3. The van der Waals surface area contributed by atoms with Crippen LogP contribution in [-0.2, 0) is 53.4 Å². The minimum atomic E-state index is -4.10. The molecule has 3 aliphatic rings. The Hall–Kier alpha value is -3.91. The summed E-state index contributed by atoms with van der Waals surface area (Å²) < 4.78 is 87.4. The van der Waals surface area contributed by atoms with E-state index in [0.717, 1.165) is 68.9 Å². The smallest absolute Gasteiger partial charge is 0.407 e. The SMILES string of the molecule is C.CC[C@H](NC(=O)OC(C)(C)C)[C@H](O)CN(OC1CCCC1)S(=O)(=O)c1ccc(OCOC)cc1.CC[C@H](NC(=O)OC(C)(C)C)[C@H]1CO1.COCOc1ccc(S(=O)(=O)NOC2CCCC2)cc1.F.[3HH]. The van der Waals surface area contributed by atoms with Crippen LogP contribution in [0.1, 0.15) is 128 Å². The van der Waals surface area contributed by atoms with Crippen LogP contribution in [0.3, 0.4) is 0 Å². The lowest BCUT2D eigenvalue weighted by molar-refractivity contribution is -0.145. The zero-order valence-electron chi connectivity index (χ0n) is 41.7. The van der Waals surface area contributed by atoms with Gasteiger partial charge in [-0.15, -0.1) is 0 Å². The summed E-state index contributed by atoms with van der Waals surface area (Å²) in [5.41, 5.74) is -1.14. The normalized spacial score (nSPS) is 17.5. The minimum absolute atomic E-state index is 0. The van der Waals surface area contributed by atoms with Crippen LogP contribution in [0.25, 0.3) is 0 Å². The third-order valence-corrected chi connectivity index (χ3v) is 13.1. The number of halogens is 1. The van der Waals surface area contributed by atoms with E-state index in [0.29, 0.717) is 17.9 Å². The van der Waals surface area contributed by atoms with Crippen molar-refractivity contribution in [3.05, 3.63) is 48.5 Å². The molecular weight excluding hydrogens is 960 g/mol. The van der Waals surface area contributed by atoms with Crippen LogP contribution in [0.4, 0.5) is 14.3 Å². The van der Waals surface area contributed by atoms with E-state index in [2.05, 4.69) is 15.5 Å². The second-order valence-corrected chi connectivity index (χ2v) is 21.9. The van der Waals surface area contributed by atoms with Crippen LogP contribution >= 0.6 is 0 Å². The van der Waals surface area contributed by atoms with E-state index in [4.69, 9.17) is 42.8 Å². The molecule has 406 valence electrons. The highest BCUT2D eigenvalue weighted by Gasteiger charge is 2.35. The van der Waals surface area contributed by atoms with Gasteiger partial charge in [-0.3, -0.25) is 14.4 Å². The molecule has 70 heavy (non-hydrogen) atoms. The minimum Gasteiger partial charge on any atom is -0.468 e. The van der Waals surface area contributed by atoms with E-state index >= 15 is 0 Å². The maximum Gasteiger partial charge on any atom is 0.407 e. The number of nitrogens with zero attached hydrogens (tertiary/aromatic N) is 1. The van der Waals surface area contributed by atoms with Crippen molar-refractivity contribution < 1.29 is 80.5 Å². The highest BCUT2D eigenvalue weighted by atomic mass is 32.2. The zero-order valence-corrected chi connectivity index (χ0v) is 43.4. The Morgan fingerprint density at radius 3 is 1.60 bits per heavy atom. The first-order valence-electron chi connectivity index (χ1n) is 23.1. The summed E-state index contributed by atoms with van der Waals surface area (Å²) in [5, 5.41) is 16.3. The monoisotopic (exact) mass is 1040 g/mol. The van der Waals surface area contributed by atoms with E-state index in [1.54, 1.807) is 39.8 Å². The van der Waals surface area contributed by atoms with Crippen molar-refractivity contribution in [3.8, 4) is 11.5 Å². The first-order valence-corrected chi connectivity index (χ1v) is 26.0. The molecule has 3 fully saturated rings. The average Bonchev–Trinajstić information content (AvgIpc) is 3.72. The fourth-order valence-electron chi connectivity index (χ4n) is 6.75. The van der Waals surface area contributed by atoms with E-state index in [1.165, 1.54) is 50.6 Å². The van der Waals surface area contributed by atoms with Gasteiger partial charge < -0.3 is 48.9 Å². The van der Waals surface area contributed by atoms with Crippen molar-refractivity contribution in [1.29, 1.82) is 0 Å². The van der Waals surface area contributed by atoms with Crippen molar-refractivity contribution in [2.75, 3.05) is 41.0 Å². The Labute approximate surface area is 416 Å². The highest BCUT2D eigenvalue weighted by molar-refractivity contribution is 7.89. The molecular formula is C47H83FN4O16S2. The number of rotatable bonds is 22. The van der Waals surface area contributed by atoms with Gasteiger partial charge in [-0.25, -0.2) is 26.4 Å². The molecule has 2 aromatic rings. The number of ether oxygens (including phenoxy) is 7. The van der Waals surface area contributed by atoms with Crippen LogP contribution in [-0.4, -0.2) is 127 Å². The molecule has 0 unspecified atom stereocenters. The van der Waals surface area contributed by atoms with Crippen LogP contribution in [0.5, 0.6) is 11.5 Å². The Morgan fingerprint density at radius 1 is 0.743 bits per heavy atom. The van der Waals surface area contributed by atoms with Crippen LogP contribution < -0.4 is 25.0 Å². The number of aliphatic hydroxyl groups excluding tert-OH is 1. The topological polar surface area (TPSA) is 248 Å². The second kappa shape index (κ2) is 30.9. The highest BCUT2D eigenvalue weighted by Crippen LogP contribution is 2.27. The molecule has 4 N–H and O–H groups in total. The molecule has 20 nitrogen and oxygen atoms in total. The van der Waals surface area contributed by atoms with Gasteiger partial charge in [0, 0.05) is 15.6 Å². The lowest BCUT2D eigenvalue weighted by Crippen LogP contribution is -2.50. The number of aliphatic hydroxyl groups is 1. The molecule has 5 rings (SSSR count). The molecule has 0 bridgehead atoms. The standard InChI is InChI=1S/C23H38N2O8S.C13H19NO5S.C10H19NO3.CH4.FH.H2/c1-6-20(24-22(27)32-23(2,3)4)21(26)15-25(33-18-9-7-8-10-18)34(28,29)19-13-11-17(12-14-19)31-16-30-5;1-17-10-18-11-6-8-13(9-7-11)20(15,16)14-19-12-4-2-3-5-12;1-5-7(8-6-13-8)11-9(12)14-10(2,3)4;;;/h11-14,18,20-21,26H,6-10,15-16H2,1-5H3,(H,24,27);6-9,12,14H,2-5,10H2,1H3;7-8H,5-6H2,1-4H3,(H,11,12);1H4;2*1H/t20-,21+;;7-,8+;;;/m0.0.../s1/i;;;;;1+2. The molecule has 0 spiro atoms. The third-order valence-electron chi connectivity index (χ3n) is 10.3. The van der Waals surface area contributed by atoms with E-state index in [1.807, 2.05) is 27.7 Å². The van der Waals surface area contributed by atoms with Crippen molar-refractivity contribution in [1.82, 2.24) is 20.0 Å². The van der Waals surface area contributed by atoms with Gasteiger partial charge >= 0.3 is 12.2 Å². The zero-order chi connectivity index (χ0) is 50.5. The van der Waals surface area contributed by atoms with Gasteiger partial charge in [0.25, 0.3) is 20.0 Å². The maximum absolute atomic E-state index is 13.4. The average molecular weight is 1050 g/mol. The molecule has 2 aliphatic carbocycles. The number of benzene rings is 2. The van der Waals surface area contributed by atoms with Crippen molar-refractivity contribution in [2.45, 2.75) is 185 Å². The molecule has 23 heteroatoms. The van der Waals surface area contributed by atoms with Gasteiger partial charge in [0.1, 0.15) is 28.8 Å². The second-order valence-electron chi connectivity index (χ2n) is 18.4. The Kier molecular flexibility index (Phi) is 28.3. The molecule has 2 aromatic carbocycles. The number of nitrogens with one attached hydrogen (secondary N) is 3. The quantitative estimate of drug-likeness (QED) is 0.0500. The summed E-state index contributed by atoms with van der Waals surface area (Å²) in [6.45, 7) is 15.1. The first kappa shape index (κ1) is 64.1. The number of hydrogen-bond acceptors (Lipinski definition) is 16. The number of alkyl carbamates (subject to hydrolysis) is 2. The van der Waals surface area contributed by atoms with Gasteiger partial charge in [0.05, 0.1) is 53.3 Å². The van der Waals surface area contributed by atoms with Crippen molar-refractivity contribution in [2.24, 2.45) is 0 Å². The summed E-state index contributed by atoms with van der Waals surface area (Å²) >= 11 is 0. The number of hydroxylamine groups is 1. The fraction of sp³-hybridized carbons (Fsp3) is 0.702. The lowest BCUT2D eigenvalue weighted by atomic mass is 10.1. The Balaban J connectivity index is 0.00000112. The van der Waals surface area contributed by atoms with E-state index < -0.39 is 49.5 Å². The molecule has 0 aromatic heterocycles. The molecule has 2 amide bonds. The predicted octanol–water partition coefficient (Wildman–Crippen LogP) is 7.74. The van der Waals surface area contributed by atoms with E-state index in [9.17, 15) is 31.5 Å². The molecule has 1 heterocycles. The van der Waals surface area contributed by atoms with Gasteiger partial charge in [0.2, 0.25) is 0 Å². The third kappa shape index (κ3) is 24.0. The fourth-order valence-corrected chi connectivity index (χ4v) is 8.90. The van der Waals surface area contributed by atoms with Crippen LogP contribution in [0.15, 0.2) is 58.3 Å². The van der Waals surface area contributed by atoms with Crippen molar-refractivity contribution in [3.63, 3.8) is 0 Å². The summed E-state index contributed by atoms with van der Waals surface area (Å²) in [6.07, 6.45) is 6.19. The van der Waals surface area contributed by atoms with Gasteiger partial charge in [-0.2, -0.15) is 0 Å². The molecule has 2 saturated carbocycles. The maximum atomic E-state index is 13.4. The van der Waals surface area contributed by atoms with Crippen molar-refractivity contribution >= 4 is 32.2 Å². The van der Waals surface area contributed by atoms with Gasteiger partial charge in [-0.1, -0.05) is 56.3 Å². The molecule has 4 atom stereocenters.